The van der Waals surface area contributed by atoms with Crippen molar-refractivity contribution >= 4 is 43.3 Å². The van der Waals surface area contributed by atoms with Gasteiger partial charge in [0, 0.05) is 12.1 Å². The molecule has 9 nitrogen and oxygen atoms in total. The first-order valence-corrected chi connectivity index (χ1v) is 13.0. The van der Waals surface area contributed by atoms with Gasteiger partial charge in [0.15, 0.2) is 26.1 Å². The van der Waals surface area contributed by atoms with Gasteiger partial charge in [0.25, 0.3) is 5.91 Å². The summed E-state index contributed by atoms with van der Waals surface area (Å²) in [5.74, 6) is 0.267. The van der Waals surface area contributed by atoms with Gasteiger partial charge in [-0.25, -0.2) is 8.42 Å². The molecule has 34 heavy (non-hydrogen) atoms. The van der Waals surface area contributed by atoms with Gasteiger partial charge in [-0.15, -0.1) is 0 Å². The molecule has 2 aromatic carbocycles. The number of ether oxygens (including phenoxy) is 3. The molecule has 0 radical (unpaired) electrons. The van der Waals surface area contributed by atoms with Crippen LogP contribution >= 0.6 is 11.3 Å². The number of aromatic nitrogens is 1. The monoisotopic (exact) mass is 504 g/mol. The second-order valence-corrected chi connectivity index (χ2v) is 11.4. The Morgan fingerprint density at radius 3 is 2.47 bits per heavy atom. The summed E-state index contributed by atoms with van der Waals surface area (Å²) in [7, 11) is -3.39. The molecule has 0 atom stereocenters. The molecule has 180 valence electrons. The van der Waals surface area contributed by atoms with E-state index in [1.165, 1.54) is 23.5 Å². The second kappa shape index (κ2) is 9.59. The van der Waals surface area contributed by atoms with Crippen molar-refractivity contribution in [1.29, 1.82) is 0 Å². The average Bonchev–Trinajstić information content (AvgIpc) is 3.36. The molecule has 3 aromatic rings. The fraction of sp³-hybridized carbons (Fsp3) is 0.348. The van der Waals surface area contributed by atoms with E-state index < -0.39 is 27.0 Å². The van der Waals surface area contributed by atoms with Gasteiger partial charge in [-0.05, 0) is 38.5 Å². The van der Waals surface area contributed by atoms with E-state index in [9.17, 15) is 18.0 Å². The molecule has 0 spiro atoms. The van der Waals surface area contributed by atoms with Gasteiger partial charge in [-0.2, -0.15) is 4.99 Å². The molecule has 4 rings (SSSR count). The highest BCUT2D eigenvalue weighted by Crippen LogP contribution is 2.37. The van der Waals surface area contributed by atoms with Crippen molar-refractivity contribution in [1.82, 2.24) is 4.57 Å². The van der Waals surface area contributed by atoms with Crippen LogP contribution in [0, 0.1) is 0 Å². The molecule has 0 saturated heterocycles. The molecule has 0 fully saturated rings. The van der Waals surface area contributed by atoms with Crippen LogP contribution in [0.3, 0.4) is 0 Å². The maximum absolute atomic E-state index is 12.8. The number of carbonyl (C=O) groups is 2. The molecule has 0 unspecified atom stereocenters. The second-order valence-electron chi connectivity index (χ2n) is 7.87. The molecule has 0 bridgehead atoms. The minimum absolute atomic E-state index is 0.0155. The summed E-state index contributed by atoms with van der Waals surface area (Å²) in [5.41, 5.74) is 1.31. The number of benzene rings is 2. The maximum Gasteiger partial charge on any atom is 0.326 e. The van der Waals surface area contributed by atoms with Crippen molar-refractivity contribution in [2.45, 2.75) is 43.9 Å². The molecule has 0 saturated carbocycles. The van der Waals surface area contributed by atoms with Crippen LogP contribution in [0.4, 0.5) is 0 Å². The van der Waals surface area contributed by atoms with Crippen LogP contribution in [0.15, 0.2) is 46.3 Å². The number of rotatable bonds is 7. The molecular weight excluding hydrogens is 480 g/mol. The summed E-state index contributed by atoms with van der Waals surface area (Å²) >= 11 is 1.25. The standard InChI is InChI=1S/C23H24N2O7S2/c1-4-30-22(27)12-25-17-10-18-19(32-13-31-18)11-20(17)33-23(25)24-21(26)9-15-5-7-16(8-6-15)34(28,29)14(2)3/h5-8,10-11,14H,4,9,12-13H2,1-3H3. The van der Waals surface area contributed by atoms with Gasteiger partial charge in [-0.1, -0.05) is 23.5 Å². The lowest BCUT2D eigenvalue weighted by Gasteiger charge is -2.08. The Bertz CT molecular complexity index is 1420. The van der Waals surface area contributed by atoms with Crippen molar-refractivity contribution in [3.8, 4) is 11.5 Å². The molecule has 1 aliphatic rings. The first kappa shape index (κ1) is 24.0. The third-order valence-electron chi connectivity index (χ3n) is 5.22. The van der Waals surface area contributed by atoms with Crippen LogP contribution in [0.25, 0.3) is 10.2 Å². The van der Waals surface area contributed by atoms with E-state index >= 15 is 0 Å². The number of sulfone groups is 1. The van der Waals surface area contributed by atoms with E-state index in [1.807, 2.05) is 0 Å². The number of amides is 1. The quantitative estimate of drug-likeness (QED) is 0.455. The number of fused-ring (bicyclic) bond motifs is 2. The van der Waals surface area contributed by atoms with Crippen LogP contribution in [0.2, 0.25) is 0 Å². The molecular formula is C23H24N2O7S2. The molecule has 11 heteroatoms. The van der Waals surface area contributed by atoms with Crippen molar-refractivity contribution in [2.75, 3.05) is 13.4 Å². The van der Waals surface area contributed by atoms with Gasteiger partial charge in [0.1, 0.15) is 6.54 Å². The SMILES string of the molecule is CCOC(=O)Cn1c(=NC(=O)Cc2ccc(S(=O)(=O)C(C)C)cc2)sc2cc3c(cc21)OCO3. The summed E-state index contributed by atoms with van der Waals surface area (Å²) in [6.45, 7) is 5.21. The lowest BCUT2D eigenvalue weighted by molar-refractivity contribution is -0.143. The minimum atomic E-state index is -3.39. The lowest BCUT2D eigenvalue weighted by atomic mass is 10.1. The van der Waals surface area contributed by atoms with Crippen LogP contribution < -0.4 is 14.3 Å². The van der Waals surface area contributed by atoms with Crippen LogP contribution in [-0.4, -0.2) is 43.5 Å². The van der Waals surface area contributed by atoms with Gasteiger partial charge >= 0.3 is 5.97 Å². The third-order valence-corrected chi connectivity index (χ3v) is 8.43. The zero-order valence-electron chi connectivity index (χ0n) is 18.9. The van der Waals surface area contributed by atoms with Crippen LogP contribution in [0.1, 0.15) is 26.3 Å². The first-order chi connectivity index (χ1) is 16.2. The third kappa shape index (κ3) is 4.85. The van der Waals surface area contributed by atoms with Crippen molar-refractivity contribution in [3.63, 3.8) is 0 Å². The number of hydrogen-bond donors (Lipinski definition) is 0. The summed E-state index contributed by atoms with van der Waals surface area (Å²) in [6, 6.07) is 9.77. The predicted molar refractivity (Wildman–Crippen MR) is 126 cm³/mol. The van der Waals surface area contributed by atoms with E-state index in [4.69, 9.17) is 14.2 Å². The summed E-state index contributed by atoms with van der Waals surface area (Å²) in [4.78, 5) is 29.8. The van der Waals surface area contributed by atoms with E-state index in [-0.39, 0.29) is 31.3 Å². The predicted octanol–water partition coefficient (Wildman–Crippen LogP) is 2.85. The fourth-order valence-electron chi connectivity index (χ4n) is 3.42. The van der Waals surface area contributed by atoms with E-state index in [0.717, 1.165) is 4.70 Å². The van der Waals surface area contributed by atoms with E-state index in [2.05, 4.69) is 4.99 Å². The smallest absolute Gasteiger partial charge is 0.326 e. The normalized spacial score (nSPS) is 13.6. The van der Waals surface area contributed by atoms with Crippen LogP contribution in [-0.2, 0) is 37.1 Å². The Balaban J connectivity index is 1.65. The van der Waals surface area contributed by atoms with E-state index in [0.29, 0.717) is 27.4 Å². The lowest BCUT2D eigenvalue weighted by Crippen LogP contribution is -2.23. The largest absolute Gasteiger partial charge is 0.465 e. The van der Waals surface area contributed by atoms with Gasteiger partial charge in [0.05, 0.1) is 33.4 Å². The number of esters is 1. The van der Waals surface area contributed by atoms with Gasteiger partial charge in [-0.3, -0.25) is 9.59 Å². The molecule has 1 amide bonds. The fourth-order valence-corrected chi connectivity index (χ4v) is 5.54. The topological polar surface area (TPSA) is 113 Å². The summed E-state index contributed by atoms with van der Waals surface area (Å²) < 4.78 is 42.9. The minimum Gasteiger partial charge on any atom is -0.465 e. The van der Waals surface area contributed by atoms with Gasteiger partial charge in [0.2, 0.25) is 6.79 Å². The van der Waals surface area contributed by atoms with E-state index in [1.54, 1.807) is 49.6 Å². The van der Waals surface area contributed by atoms with Gasteiger partial charge < -0.3 is 18.8 Å². The summed E-state index contributed by atoms with van der Waals surface area (Å²) in [5, 5.41) is -0.532. The zero-order valence-corrected chi connectivity index (χ0v) is 20.6. The zero-order chi connectivity index (χ0) is 24.5. The Labute approximate surface area is 200 Å². The molecule has 1 aromatic heterocycles. The molecule has 0 N–H and O–H groups in total. The Kier molecular flexibility index (Phi) is 6.76. The number of nitrogens with zero attached hydrogens (tertiary/aromatic N) is 2. The Hall–Kier alpha value is -3.18. The van der Waals surface area contributed by atoms with Crippen molar-refractivity contribution in [3.05, 3.63) is 46.8 Å². The Morgan fingerprint density at radius 2 is 1.82 bits per heavy atom. The molecule has 1 aliphatic heterocycles. The molecule has 2 heterocycles. The molecule has 0 aliphatic carbocycles. The van der Waals surface area contributed by atoms with Crippen molar-refractivity contribution < 1.29 is 32.2 Å². The highest BCUT2D eigenvalue weighted by Gasteiger charge is 2.20. The maximum atomic E-state index is 12.8. The highest BCUT2D eigenvalue weighted by molar-refractivity contribution is 7.92. The number of hydrogen-bond acceptors (Lipinski definition) is 8. The van der Waals surface area contributed by atoms with Crippen LogP contribution in [0.5, 0.6) is 11.5 Å². The number of thiazole rings is 1. The highest BCUT2D eigenvalue weighted by atomic mass is 32.2. The number of carbonyl (C=O) groups excluding carboxylic acids is 2. The Morgan fingerprint density at radius 1 is 1.15 bits per heavy atom. The summed E-state index contributed by atoms with van der Waals surface area (Å²) in [6.07, 6.45) is -0.0155. The average molecular weight is 505 g/mol. The van der Waals surface area contributed by atoms with Crippen molar-refractivity contribution in [2.24, 2.45) is 4.99 Å². The first-order valence-electron chi connectivity index (χ1n) is 10.7.